The third-order valence-corrected chi connectivity index (χ3v) is 4.99. The summed E-state index contributed by atoms with van der Waals surface area (Å²) < 4.78 is 0. The number of Topliss-reactive ketones (excluding diaryl/α,β-unsaturated/α-hetero) is 1. The van der Waals surface area contributed by atoms with Gasteiger partial charge in [0, 0.05) is 33.8 Å². The van der Waals surface area contributed by atoms with Crippen molar-refractivity contribution in [3.05, 3.63) is 93.1 Å². The molecular weight excluding hydrogens is 369 g/mol. The molecule has 0 atom stereocenters. The highest BCUT2D eigenvalue weighted by atomic mass is 35.5. The maximum atomic E-state index is 12.8. The summed E-state index contributed by atoms with van der Waals surface area (Å²) in [6, 6.07) is 16.4. The summed E-state index contributed by atoms with van der Waals surface area (Å²) in [6.45, 7) is 0.323. The van der Waals surface area contributed by atoms with Gasteiger partial charge in [0.2, 0.25) is 5.78 Å². The summed E-state index contributed by atoms with van der Waals surface area (Å²) in [6.07, 6.45) is 1.35. The Morgan fingerprint density at radius 3 is 2.23 bits per heavy atom. The van der Waals surface area contributed by atoms with Crippen molar-refractivity contribution in [1.29, 1.82) is 0 Å². The summed E-state index contributed by atoms with van der Waals surface area (Å²) in [5.74, 6) is -0.384. The second-order valence-electron chi connectivity index (χ2n) is 6.09. The topological polar surface area (TPSA) is 46.2 Å². The van der Waals surface area contributed by atoms with Crippen LogP contribution in [0.2, 0.25) is 10.0 Å². The molecule has 26 heavy (non-hydrogen) atoms. The zero-order valence-corrected chi connectivity index (χ0v) is 15.1. The highest BCUT2D eigenvalue weighted by Gasteiger charge is 2.26. The molecule has 0 aromatic heterocycles. The standard InChI is InChI=1S/C21H13Cl2NO2/c22-15-6-5-14(18(23)9-15)11-24-19-10-20(25)16-7-12-3-1-2-4-13(12)8-17(16)21(19)26/h1-10,24H,11H2. The van der Waals surface area contributed by atoms with Gasteiger partial charge in [-0.25, -0.2) is 0 Å². The largest absolute Gasteiger partial charge is 0.378 e. The van der Waals surface area contributed by atoms with Crippen molar-refractivity contribution in [3.8, 4) is 0 Å². The molecule has 0 saturated heterocycles. The lowest BCUT2D eigenvalue weighted by Gasteiger charge is -2.18. The molecule has 0 heterocycles. The van der Waals surface area contributed by atoms with E-state index in [1.54, 1.807) is 30.3 Å². The van der Waals surface area contributed by atoms with Gasteiger partial charge in [0.1, 0.15) is 0 Å². The van der Waals surface area contributed by atoms with Crippen LogP contribution in [0.3, 0.4) is 0 Å². The maximum Gasteiger partial charge on any atom is 0.209 e. The molecule has 0 fully saturated rings. The summed E-state index contributed by atoms with van der Waals surface area (Å²) >= 11 is 12.1. The molecule has 0 saturated carbocycles. The summed E-state index contributed by atoms with van der Waals surface area (Å²) in [4.78, 5) is 25.3. The van der Waals surface area contributed by atoms with Crippen molar-refractivity contribution in [3.63, 3.8) is 0 Å². The number of nitrogens with one attached hydrogen (secondary N) is 1. The molecule has 3 aromatic rings. The Morgan fingerprint density at radius 1 is 0.846 bits per heavy atom. The summed E-state index contributed by atoms with van der Waals surface area (Å²) in [5, 5.41) is 5.94. The van der Waals surface area contributed by atoms with Crippen molar-refractivity contribution in [2.24, 2.45) is 0 Å². The zero-order valence-electron chi connectivity index (χ0n) is 13.6. The maximum absolute atomic E-state index is 12.8. The number of rotatable bonds is 3. The number of benzene rings is 3. The second kappa shape index (κ2) is 6.60. The SMILES string of the molecule is O=C1C=C(NCc2ccc(Cl)cc2Cl)C(=O)c2cc3ccccc3cc21. The summed E-state index contributed by atoms with van der Waals surface area (Å²) in [5.41, 5.74) is 1.91. The molecule has 4 rings (SSSR count). The van der Waals surface area contributed by atoms with Gasteiger partial charge in [-0.3, -0.25) is 9.59 Å². The molecule has 0 bridgehead atoms. The van der Waals surface area contributed by atoms with E-state index < -0.39 is 0 Å². The quantitative estimate of drug-likeness (QED) is 0.677. The average Bonchev–Trinajstić information content (AvgIpc) is 2.63. The zero-order chi connectivity index (χ0) is 18.3. The van der Waals surface area contributed by atoms with E-state index in [1.165, 1.54) is 6.08 Å². The van der Waals surface area contributed by atoms with Crippen molar-refractivity contribution in [1.82, 2.24) is 5.32 Å². The molecule has 0 radical (unpaired) electrons. The Hall–Kier alpha value is -2.62. The van der Waals surface area contributed by atoms with E-state index in [0.717, 1.165) is 16.3 Å². The number of carbonyl (C=O) groups is 2. The second-order valence-corrected chi connectivity index (χ2v) is 6.93. The first-order chi connectivity index (χ1) is 12.5. The van der Waals surface area contributed by atoms with Gasteiger partial charge in [0.05, 0.1) is 5.70 Å². The van der Waals surface area contributed by atoms with Crippen molar-refractivity contribution in [2.75, 3.05) is 0 Å². The molecule has 128 valence electrons. The van der Waals surface area contributed by atoms with Gasteiger partial charge in [0.25, 0.3) is 0 Å². The normalized spacial score (nSPS) is 13.5. The Bertz CT molecular complexity index is 1100. The van der Waals surface area contributed by atoms with E-state index >= 15 is 0 Å². The molecule has 0 spiro atoms. The first kappa shape index (κ1) is 16.8. The van der Waals surface area contributed by atoms with Crippen LogP contribution in [0, 0.1) is 0 Å². The van der Waals surface area contributed by atoms with E-state index in [9.17, 15) is 9.59 Å². The molecule has 0 aliphatic heterocycles. The fraction of sp³-hybridized carbons (Fsp3) is 0.0476. The van der Waals surface area contributed by atoms with Crippen LogP contribution in [-0.2, 0) is 6.54 Å². The molecular formula is C21H13Cl2NO2. The highest BCUT2D eigenvalue weighted by molar-refractivity contribution is 6.35. The Balaban J connectivity index is 1.65. The fourth-order valence-corrected chi connectivity index (χ4v) is 3.51. The molecule has 0 unspecified atom stereocenters. The first-order valence-electron chi connectivity index (χ1n) is 8.04. The van der Waals surface area contributed by atoms with Crippen molar-refractivity contribution >= 4 is 45.5 Å². The Morgan fingerprint density at radius 2 is 1.54 bits per heavy atom. The van der Waals surface area contributed by atoms with E-state index in [4.69, 9.17) is 23.2 Å². The van der Waals surface area contributed by atoms with Crippen LogP contribution >= 0.6 is 23.2 Å². The molecule has 1 N–H and O–H groups in total. The third kappa shape index (κ3) is 3.00. The van der Waals surface area contributed by atoms with Gasteiger partial charge in [0.15, 0.2) is 5.78 Å². The molecule has 0 amide bonds. The molecule has 5 heteroatoms. The number of hydrogen-bond acceptors (Lipinski definition) is 3. The minimum atomic E-state index is -0.199. The lowest BCUT2D eigenvalue weighted by molar-refractivity contribution is 0.0978. The number of ketones is 2. The van der Waals surface area contributed by atoms with Crippen LogP contribution in [0.5, 0.6) is 0 Å². The predicted molar refractivity (Wildman–Crippen MR) is 104 cm³/mol. The Kier molecular flexibility index (Phi) is 4.27. The van der Waals surface area contributed by atoms with Crippen molar-refractivity contribution in [2.45, 2.75) is 6.54 Å². The van der Waals surface area contributed by atoms with Crippen LogP contribution < -0.4 is 5.32 Å². The first-order valence-corrected chi connectivity index (χ1v) is 8.80. The van der Waals surface area contributed by atoms with Crippen LogP contribution in [0.1, 0.15) is 26.3 Å². The van der Waals surface area contributed by atoms with Crippen molar-refractivity contribution < 1.29 is 9.59 Å². The minimum Gasteiger partial charge on any atom is -0.378 e. The third-order valence-electron chi connectivity index (χ3n) is 4.40. The minimum absolute atomic E-state index is 0.185. The average molecular weight is 382 g/mol. The molecule has 1 aliphatic carbocycles. The number of halogens is 2. The lowest BCUT2D eigenvalue weighted by atomic mass is 9.90. The van der Waals surface area contributed by atoms with Gasteiger partial charge in [-0.05, 0) is 40.6 Å². The van der Waals surface area contributed by atoms with Crippen LogP contribution in [0.15, 0.2) is 66.4 Å². The van der Waals surface area contributed by atoms with Crippen LogP contribution in [0.25, 0.3) is 10.8 Å². The van der Waals surface area contributed by atoms with Crippen LogP contribution in [-0.4, -0.2) is 11.6 Å². The van der Waals surface area contributed by atoms with Crippen LogP contribution in [0.4, 0.5) is 0 Å². The lowest BCUT2D eigenvalue weighted by Crippen LogP contribution is -2.26. The van der Waals surface area contributed by atoms with Gasteiger partial charge in [-0.2, -0.15) is 0 Å². The number of carbonyl (C=O) groups excluding carboxylic acids is 2. The number of hydrogen-bond donors (Lipinski definition) is 1. The van der Waals surface area contributed by atoms with Gasteiger partial charge in [-0.15, -0.1) is 0 Å². The number of fused-ring (bicyclic) bond motifs is 2. The van der Waals surface area contributed by atoms with Gasteiger partial charge in [-0.1, -0.05) is 53.5 Å². The fourth-order valence-electron chi connectivity index (χ4n) is 3.04. The van der Waals surface area contributed by atoms with E-state index in [0.29, 0.717) is 27.7 Å². The van der Waals surface area contributed by atoms with Gasteiger partial charge < -0.3 is 5.32 Å². The molecule has 3 nitrogen and oxygen atoms in total. The number of allylic oxidation sites excluding steroid dienone is 2. The van der Waals surface area contributed by atoms with E-state index in [2.05, 4.69) is 5.32 Å². The smallest absolute Gasteiger partial charge is 0.209 e. The van der Waals surface area contributed by atoms with E-state index in [-0.39, 0.29) is 17.3 Å². The van der Waals surface area contributed by atoms with E-state index in [1.807, 2.05) is 24.3 Å². The molecule has 1 aliphatic rings. The monoisotopic (exact) mass is 381 g/mol. The summed E-state index contributed by atoms with van der Waals surface area (Å²) in [7, 11) is 0. The predicted octanol–water partition coefficient (Wildman–Crippen LogP) is 5.20. The molecule has 3 aromatic carbocycles. The van der Waals surface area contributed by atoms with Gasteiger partial charge >= 0.3 is 0 Å². The highest BCUT2D eigenvalue weighted by Crippen LogP contribution is 2.27. The Labute approximate surface area is 160 Å².